The molecule has 0 aromatic heterocycles. The molecule has 0 spiro atoms. The number of esters is 1. The number of hydrogen-bond acceptors (Lipinski definition) is 3. The molecule has 4 heteroatoms. The van der Waals surface area contributed by atoms with Crippen LogP contribution in [-0.4, -0.2) is 36.5 Å². The van der Waals surface area contributed by atoms with Crippen molar-refractivity contribution in [3.63, 3.8) is 0 Å². The molecule has 98 valence electrons. The lowest BCUT2D eigenvalue weighted by molar-refractivity contribution is -0.146. The summed E-state index contributed by atoms with van der Waals surface area (Å²) < 4.78 is 4.81. The molecule has 17 heavy (non-hydrogen) atoms. The zero-order valence-electron chi connectivity index (χ0n) is 10.9. The summed E-state index contributed by atoms with van der Waals surface area (Å²) in [6.07, 6.45) is 6.36. The van der Waals surface area contributed by atoms with E-state index in [4.69, 9.17) is 4.74 Å². The Morgan fingerprint density at radius 1 is 1.18 bits per heavy atom. The maximum absolute atomic E-state index is 11.9. The average Bonchev–Trinajstić information content (AvgIpc) is 2.36. The summed E-state index contributed by atoms with van der Waals surface area (Å²) in [5.41, 5.74) is 0. The van der Waals surface area contributed by atoms with Gasteiger partial charge in [-0.25, -0.2) is 0 Å². The summed E-state index contributed by atoms with van der Waals surface area (Å²) in [5.74, 6) is -0.220. The molecular formula is C13H23NO3. The molecule has 1 fully saturated rings. The van der Waals surface area contributed by atoms with Crippen LogP contribution in [0, 0.1) is 0 Å². The molecule has 0 bridgehead atoms. The number of nitrogens with zero attached hydrogens (tertiary/aromatic N) is 1. The Kier molecular flexibility index (Phi) is 6.01. The first-order chi connectivity index (χ1) is 8.15. The summed E-state index contributed by atoms with van der Waals surface area (Å²) in [6, 6.07) is 0.374. The number of hydrogen-bond donors (Lipinski definition) is 0. The third kappa shape index (κ3) is 4.75. The Balaban J connectivity index is 2.28. The molecule has 0 saturated heterocycles. The van der Waals surface area contributed by atoms with Gasteiger partial charge in [0.25, 0.3) is 0 Å². The third-order valence-corrected chi connectivity index (χ3v) is 3.36. The molecule has 1 aliphatic carbocycles. The van der Waals surface area contributed by atoms with Gasteiger partial charge in [0, 0.05) is 19.5 Å². The minimum Gasteiger partial charge on any atom is -0.466 e. The van der Waals surface area contributed by atoms with E-state index in [0.29, 0.717) is 12.6 Å². The molecule has 0 atom stereocenters. The fourth-order valence-electron chi connectivity index (χ4n) is 2.29. The predicted octanol–water partition coefficient (Wildman–Crippen LogP) is 2.12. The van der Waals surface area contributed by atoms with Gasteiger partial charge in [-0.15, -0.1) is 0 Å². The van der Waals surface area contributed by atoms with Crippen molar-refractivity contribution in [1.82, 2.24) is 4.90 Å². The van der Waals surface area contributed by atoms with Gasteiger partial charge >= 0.3 is 5.97 Å². The Morgan fingerprint density at radius 3 is 2.41 bits per heavy atom. The van der Waals surface area contributed by atoms with Gasteiger partial charge in [0.15, 0.2) is 0 Å². The van der Waals surface area contributed by atoms with Crippen molar-refractivity contribution in [3.8, 4) is 0 Å². The number of amides is 1. The molecular weight excluding hydrogens is 218 g/mol. The minimum absolute atomic E-state index is 0.0601. The van der Waals surface area contributed by atoms with Crippen LogP contribution in [0.2, 0.25) is 0 Å². The highest BCUT2D eigenvalue weighted by molar-refractivity contribution is 5.81. The summed E-state index contributed by atoms with van der Waals surface area (Å²) in [6.45, 7) is 2.15. The Bertz CT molecular complexity index is 259. The predicted molar refractivity (Wildman–Crippen MR) is 65.5 cm³/mol. The van der Waals surface area contributed by atoms with Gasteiger partial charge in [-0.1, -0.05) is 19.3 Å². The number of carbonyl (C=O) groups is 2. The summed E-state index contributed by atoms with van der Waals surface area (Å²) in [7, 11) is 1.85. The van der Waals surface area contributed by atoms with Crippen molar-refractivity contribution in [2.24, 2.45) is 0 Å². The van der Waals surface area contributed by atoms with Gasteiger partial charge in [-0.2, -0.15) is 0 Å². The van der Waals surface area contributed by atoms with Crippen molar-refractivity contribution in [3.05, 3.63) is 0 Å². The van der Waals surface area contributed by atoms with E-state index in [-0.39, 0.29) is 24.7 Å². The van der Waals surface area contributed by atoms with Gasteiger partial charge in [0.2, 0.25) is 5.91 Å². The van der Waals surface area contributed by atoms with Gasteiger partial charge in [-0.3, -0.25) is 9.59 Å². The van der Waals surface area contributed by atoms with E-state index >= 15 is 0 Å². The van der Waals surface area contributed by atoms with Crippen molar-refractivity contribution in [2.75, 3.05) is 13.7 Å². The second-order valence-corrected chi connectivity index (χ2v) is 4.60. The zero-order chi connectivity index (χ0) is 12.7. The van der Waals surface area contributed by atoms with E-state index < -0.39 is 0 Å². The third-order valence-electron chi connectivity index (χ3n) is 3.36. The molecule has 1 aliphatic rings. The van der Waals surface area contributed by atoms with Crippen LogP contribution in [-0.2, 0) is 14.3 Å². The van der Waals surface area contributed by atoms with Gasteiger partial charge in [-0.05, 0) is 19.8 Å². The van der Waals surface area contributed by atoms with Crippen LogP contribution in [0.3, 0.4) is 0 Å². The Hall–Kier alpha value is -1.06. The van der Waals surface area contributed by atoms with E-state index in [9.17, 15) is 9.59 Å². The minimum atomic E-state index is -0.280. The largest absolute Gasteiger partial charge is 0.466 e. The normalized spacial score (nSPS) is 16.6. The molecule has 1 saturated carbocycles. The first kappa shape index (κ1) is 14.0. The van der Waals surface area contributed by atoms with E-state index in [1.54, 1.807) is 6.92 Å². The standard InChI is InChI=1S/C13H23NO3/c1-3-17-13(16)10-9-12(15)14(2)11-7-5-4-6-8-11/h11H,3-10H2,1-2H3. The van der Waals surface area contributed by atoms with Crippen LogP contribution in [0.15, 0.2) is 0 Å². The van der Waals surface area contributed by atoms with Gasteiger partial charge in [0.05, 0.1) is 13.0 Å². The van der Waals surface area contributed by atoms with Crippen LogP contribution >= 0.6 is 0 Å². The molecule has 1 rings (SSSR count). The number of rotatable bonds is 5. The molecule has 0 heterocycles. The molecule has 0 aromatic carbocycles. The first-order valence-electron chi connectivity index (χ1n) is 6.56. The Morgan fingerprint density at radius 2 is 1.82 bits per heavy atom. The maximum Gasteiger partial charge on any atom is 0.306 e. The topological polar surface area (TPSA) is 46.6 Å². The molecule has 4 nitrogen and oxygen atoms in total. The summed E-state index contributed by atoms with van der Waals surface area (Å²) >= 11 is 0. The van der Waals surface area contributed by atoms with Crippen LogP contribution in [0.25, 0.3) is 0 Å². The first-order valence-corrected chi connectivity index (χ1v) is 6.56. The summed E-state index contributed by atoms with van der Waals surface area (Å²) in [4.78, 5) is 24.8. The second kappa shape index (κ2) is 7.30. The van der Waals surface area contributed by atoms with E-state index in [1.165, 1.54) is 19.3 Å². The lowest BCUT2D eigenvalue weighted by Gasteiger charge is -2.31. The van der Waals surface area contributed by atoms with Crippen LogP contribution in [0.4, 0.5) is 0 Å². The summed E-state index contributed by atoms with van der Waals surface area (Å²) in [5, 5.41) is 0. The fourth-order valence-corrected chi connectivity index (χ4v) is 2.29. The highest BCUT2D eigenvalue weighted by Crippen LogP contribution is 2.22. The molecule has 0 aliphatic heterocycles. The quantitative estimate of drug-likeness (QED) is 0.693. The highest BCUT2D eigenvalue weighted by atomic mass is 16.5. The number of ether oxygens (including phenoxy) is 1. The van der Waals surface area contributed by atoms with Crippen molar-refractivity contribution in [2.45, 2.75) is 57.9 Å². The van der Waals surface area contributed by atoms with Crippen molar-refractivity contribution in [1.29, 1.82) is 0 Å². The SMILES string of the molecule is CCOC(=O)CCC(=O)N(C)C1CCCCC1. The molecule has 0 N–H and O–H groups in total. The molecule has 0 aromatic rings. The van der Waals surface area contributed by atoms with Gasteiger partial charge < -0.3 is 9.64 Å². The lowest BCUT2D eigenvalue weighted by Crippen LogP contribution is -2.38. The molecule has 1 amide bonds. The van der Waals surface area contributed by atoms with Gasteiger partial charge in [0.1, 0.15) is 0 Å². The Labute approximate surface area is 103 Å². The molecule has 0 radical (unpaired) electrons. The highest BCUT2D eigenvalue weighted by Gasteiger charge is 2.22. The smallest absolute Gasteiger partial charge is 0.306 e. The van der Waals surface area contributed by atoms with Crippen LogP contribution in [0.5, 0.6) is 0 Å². The van der Waals surface area contributed by atoms with Crippen LogP contribution in [0.1, 0.15) is 51.9 Å². The fraction of sp³-hybridized carbons (Fsp3) is 0.846. The lowest BCUT2D eigenvalue weighted by atomic mass is 9.94. The van der Waals surface area contributed by atoms with E-state index in [0.717, 1.165) is 12.8 Å². The van der Waals surface area contributed by atoms with Crippen molar-refractivity contribution < 1.29 is 14.3 Å². The zero-order valence-corrected chi connectivity index (χ0v) is 10.9. The van der Waals surface area contributed by atoms with Crippen LogP contribution < -0.4 is 0 Å². The molecule has 0 unspecified atom stereocenters. The van der Waals surface area contributed by atoms with E-state index in [2.05, 4.69) is 0 Å². The monoisotopic (exact) mass is 241 g/mol. The average molecular weight is 241 g/mol. The van der Waals surface area contributed by atoms with E-state index in [1.807, 2.05) is 11.9 Å². The maximum atomic E-state index is 11.9. The number of carbonyl (C=O) groups excluding carboxylic acids is 2. The second-order valence-electron chi connectivity index (χ2n) is 4.60. The van der Waals surface area contributed by atoms with Crippen molar-refractivity contribution >= 4 is 11.9 Å².